The first kappa shape index (κ1) is 11.0. The summed E-state index contributed by atoms with van der Waals surface area (Å²) in [6, 6.07) is 13.2. The van der Waals surface area contributed by atoms with Crippen LogP contribution < -0.4 is 10.6 Å². The fraction of sp³-hybridized carbons (Fsp3) is 0.0667. The number of hydrogen-bond donors (Lipinski definition) is 3. The molecule has 0 bridgehead atoms. The van der Waals surface area contributed by atoms with Gasteiger partial charge in [0.05, 0.1) is 11.7 Å². The average molecular weight is 264 g/mol. The summed E-state index contributed by atoms with van der Waals surface area (Å²) in [5.74, 6) is -0.0292. The molecule has 0 fully saturated rings. The number of carbonyl (C=O) groups excluding carboxylic acids is 1. The van der Waals surface area contributed by atoms with Gasteiger partial charge in [0.15, 0.2) is 0 Å². The highest BCUT2D eigenvalue weighted by Crippen LogP contribution is 2.33. The van der Waals surface area contributed by atoms with Crippen molar-refractivity contribution in [2.75, 3.05) is 10.6 Å². The molecule has 3 aromatic rings. The van der Waals surface area contributed by atoms with Gasteiger partial charge in [0, 0.05) is 22.3 Å². The molecular weight excluding hydrogens is 252 g/mol. The van der Waals surface area contributed by atoms with Crippen LogP contribution in [-0.2, 0) is 4.79 Å². The Kier molecular flexibility index (Phi) is 2.26. The Balaban J connectivity index is 1.70. The summed E-state index contributed by atoms with van der Waals surface area (Å²) in [6.45, 7) is 0. The van der Waals surface area contributed by atoms with Gasteiger partial charge in [-0.25, -0.2) is 0 Å². The van der Waals surface area contributed by atoms with Gasteiger partial charge in [-0.15, -0.1) is 0 Å². The molecule has 3 N–H and O–H groups in total. The first-order valence-corrected chi connectivity index (χ1v) is 6.41. The molecule has 0 aliphatic carbocycles. The molecule has 98 valence electrons. The van der Waals surface area contributed by atoms with Crippen molar-refractivity contribution in [1.82, 2.24) is 10.2 Å². The second kappa shape index (κ2) is 4.09. The van der Waals surface area contributed by atoms with Gasteiger partial charge < -0.3 is 10.6 Å². The molecule has 1 aliphatic rings. The highest BCUT2D eigenvalue weighted by molar-refractivity contribution is 6.04. The number of benzene rings is 2. The molecule has 0 saturated carbocycles. The third-order valence-electron chi connectivity index (χ3n) is 3.54. The lowest BCUT2D eigenvalue weighted by Gasteiger charge is -2.13. The predicted molar refractivity (Wildman–Crippen MR) is 77.5 cm³/mol. The first-order chi connectivity index (χ1) is 9.81. The van der Waals surface area contributed by atoms with E-state index in [4.69, 9.17) is 0 Å². The smallest absolute Gasteiger partial charge is 0.251 e. The zero-order valence-electron chi connectivity index (χ0n) is 10.6. The van der Waals surface area contributed by atoms with Gasteiger partial charge in [0.1, 0.15) is 6.04 Å². The van der Waals surface area contributed by atoms with E-state index in [-0.39, 0.29) is 11.9 Å². The van der Waals surface area contributed by atoms with Gasteiger partial charge in [-0.3, -0.25) is 9.89 Å². The monoisotopic (exact) mass is 264 g/mol. The Morgan fingerprint density at radius 3 is 3.00 bits per heavy atom. The number of nitrogens with one attached hydrogen (secondary N) is 3. The second-order valence-electron chi connectivity index (χ2n) is 4.83. The molecule has 1 aliphatic heterocycles. The second-order valence-corrected chi connectivity index (χ2v) is 4.83. The van der Waals surface area contributed by atoms with Crippen LogP contribution in [0.1, 0.15) is 11.6 Å². The van der Waals surface area contributed by atoms with E-state index in [9.17, 15) is 4.79 Å². The normalized spacial score (nSPS) is 17.0. The van der Waals surface area contributed by atoms with Crippen molar-refractivity contribution in [3.63, 3.8) is 0 Å². The highest BCUT2D eigenvalue weighted by Gasteiger charge is 2.29. The molecule has 1 amide bonds. The van der Waals surface area contributed by atoms with Crippen LogP contribution in [0.2, 0.25) is 0 Å². The number of aromatic nitrogens is 2. The van der Waals surface area contributed by atoms with Crippen LogP contribution in [0.25, 0.3) is 10.9 Å². The molecule has 1 atom stereocenters. The Labute approximate surface area is 115 Å². The van der Waals surface area contributed by atoms with Gasteiger partial charge in [0.25, 0.3) is 5.91 Å². The van der Waals surface area contributed by atoms with Crippen LogP contribution in [0.15, 0.2) is 48.7 Å². The molecule has 20 heavy (non-hydrogen) atoms. The van der Waals surface area contributed by atoms with Gasteiger partial charge in [-0.2, -0.15) is 5.10 Å². The molecule has 4 rings (SSSR count). The molecule has 2 heterocycles. The number of hydrogen-bond acceptors (Lipinski definition) is 3. The molecule has 2 aromatic carbocycles. The molecule has 0 spiro atoms. The highest BCUT2D eigenvalue weighted by atomic mass is 16.2. The third kappa shape index (κ3) is 1.64. The minimum Gasteiger partial charge on any atom is -0.370 e. The molecule has 0 radical (unpaired) electrons. The fourth-order valence-electron chi connectivity index (χ4n) is 2.55. The van der Waals surface area contributed by atoms with Crippen LogP contribution in [0.5, 0.6) is 0 Å². The van der Waals surface area contributed by atoms with Crippen molar-refractivity contribution in [1.29, 1.82) is 0 Å². The topological polar surface area (TPSA) is 69.8 Å². The van der Waals surface area contributed by atoms with E-state index in [2.05, 4.69) is 20.8 Å². The summed E-state index contributed by atoms with van der Waals surface area (Å²) >= 11 is 0. The molecule has 0 saturated heterocycles. The van der Waals surface area contributed by atoms with Crippen LogP contribution in [0.3, 0.4) is 0 Å². The summed E-state index contributed by atoms with van der Waals surface area (Å²) in [5.41, 5.74) is 3.73. The number of amides is 1. The van der Waals surface area contributed by atoms with E-state index < -0.39 is 0 Å². The molecule has 5 heteroatoms. The van der Waals surface area contributed by atoms with E-state index in [0.29, 0.717) is 0 Å². The summed E-state index contributed by atoms with van der Waals surface area (Å²) < 4.78 is 0. The van der Waals surface area contributed by atoms with Gasteiger partial charge in [0.2, 0.25) is 0 Å². The number of aromatic amines is 1. The van der Waals surface area contributed by atoms with E-state index in [1.807, 2.05) is 42.5 Å². The van der Waals surface area contributed by atoms with Crippen LogP contribution >= 0.6 is 0 Å². The van der Waals surface area contributed by atoms with Gasteiger partial charge in [-0.1, -0.05) is 18.2 Å². The summed E-state index contributed by atoms with van der Waals surface area (Å²) in [7, 11) is 0. The quantitative estimate of drug-likeness (QED) is 0.666. The van der Waals surface area contributed by atoms with Crippen LogP contribution in [0, 0.1) is 0 Å². The molecule has 5 nitrogen and oxygen atoms in total. The number of nitrogens with zero attached hydrogens (tertiary/aromatic N) is 1. The summed E-state index contributed by atoms with van der Waals surface area (Å²) in [6.07, 6.45) is 1.77. The number of carbonyl (C=O) groups is 1. The first-order valence-electron chi connectivity index (χ1n) is 6.41. The Morgan fingerprint density at radius 2 is 2.05 bits per heavy atom. The number of fused-ring (bicyclic) bond motifs is 2. The van der Waals surface area contributed by atoms with Gasteiger partial charge in [-0.05, 0) is 24.3 Å². The van der Waals surface area contributed by atoms with Crippen molar-refractivity contribution in [2.45, 2.75) is 6.04 Å². The molecular formula is C15H12N4O. The summed E-state index contributed by atoms with van der Waals surface area (Å²) in [5, 5.41) is 14.1. The van der Waals surface area contributed by atoms with Crippen molar-refractivity contribution in [3.8, 4) is 0 Å². The maximum absolute atomic E-state index is 12.1. The van der Waals surface area contributed by atoms with E-state index in [1.165, 1.54) is 0 Å². The van der Waals surface area contributed by atoms with Crippen LogP contribution in [0.4, 0.5) is 11.4 Å². The van der Waals surface area contributed by atoms with Crippen molar-refractivity contribution < 1.29 is 4.79 Å². The fourth-order valence-corrected chi connectivity index (χ4v) is 2.55. The Hall–Kier alpha value is -2.82. The van der Waals surface area contributed by atoms with Crippen molar-refractivity contribution in [2.24, 2.45) is 0 Å². The minimum atomic E-state index is -0.351. The van der Waals surface area contributed by atoms with E-state index >= 15 is 0 Å². The standard InChI is InChI=1S/C15H12N4O/c20-15-14(11-3-1-2-4-13(11)18-15)17-10-5-6-12-9(7-10)8-16-19-12/h1-8,14,17H,(H,16,19)(H,18,20). The van der Waals surface area contributed by atoms with E-state index in [0.717, 1.165) is 27.8 Å². The van der Waals surface area contributed by atoms with E-state index in [1.54, 1.807) is 6.20 Å². The van der Waals surface area contributed by atoms with Crippen molar-refractivity contribution in [3.05, 3.63) is 54.2 Å². The Bertz CT molecular complexity index is 808. The lowest BCUT2D eigenvalue weighted by atomic mass is 10.1. The number of rotatable bonds is 2. The number of H-pyrrole nitrogens is 1. The number of para-hydroxylation sites is 1. The minimum absolute atomic E-state index is 0.0292. The largest absolute Gasteiger partial charge is 0.370 e. The Morgan fingerprint density at radius 1 is 1.15 bits per heavy atom. The third-order valence-corrected chi connectivity index (χ3v) is 3.54. The maximum Gasteiger partial charge on any atom is 0.251 e. The zero-order valence-corrected chi connectivity index (χ0v) is 10.6. The predicted octanol–water partition coefficient (Wildman–Crippen LogP) is 2.67. The zero-order chi connectivity index (χ0) is 13.5. The summed E-state index contributed by atoms with van der Waals surface area (Å²) in [4.78, 5) is 12.1. The lowest BCUT2D eigenvalue weighted by Crippen LogP contribution is -2.19. The number of anilines is 2. The lowest BCUT2D eigenvalue weighted by molar-refractivity contribution is -0.116. The SMILES string of the molecule is O=C1Nc2ccccc2C1Nc1ccc2[nH]ncc2c1. The van der Waals surface area contributed by atoms with Gasteiger partial charge >= 0.3 is 0 Å². The average Bonchev–Trinajstić information content (AvgIpc) is 3.04. The van der Waals surface area contributed by atoms with Crippen molar-refractivity contribution >= 4 is 28.2 Å². The molecule has 1 aromatic heterocycles. The molecule has 1 unspecified atom stereocenters. The van der Waals surface area contributed by atoms with Crippen LogP contribution in [-0.4, -0.2) is 16.1 Å². The maximum atomic E-state index is 12.1.